The SMILES string of the molecule is CCOc1ccccc1C(=O)Nc1ccccc1C(=O)Nc1cccc(C2=NNNN2)c1. The molecule has 0 saturated carbocycles. The second kappa shape index (κ2) is 9.63. The van der Waals surface area contributed by atoms with E-state index in [1.807, 2.05) is 19.1 Å². The average Bonchev–Trinajstić information content (AvgIpc) is 3.35. The Morgan fingerprint density at radius 1 is 0.906 bits per heavy atom. The summed E-state index contributed by atoms with van der Waals surface area (Å²) in [4.78, 5) is 25.9. The number of hydrazine groups is 2. The van der Waals surface area contributed by atoms with E-state index >= 15 is 0 Å². The number of amidine groups is 1. The van der Waals surface area contributed by atoms with Gasteiger partial charge in [-0.05, 0) is 43.3 Å². The molecule has 32 heavy (non-hydrogen) atoms. The van der Waals surface area contributed by atoms with Crippen LogP contribution >= 0.6 is 0 Å². The molecule has 4 rings (SSSR count). The van der Waals surface area contributed by atoms with E-state index in [1.165, 1.54) is 0 Å². The van der Waals surface area contributed by atoms with Crippen molar-refractivity contribution in [3.05, 3.63) is 89.5 Å². The van der Waals surface area contributed by atoms with Crippen LogP contribution in [0.1, 0.15) is 33.2 Å². The Kier molecular flexibility index (Phi) is 6.28. The van der Waals surface area contributed by atoms with E-state index in [9.17, 15) is 9.59 Å². The monoisotopic (exact) mass is 430 g/mol. The van der Waals surface area contributed by atoms with Crippen LogP contribution in [0.2, 0.25) is 0 Å². The number of hydrazone groups is 1. The van der Waals surface area contributed by atoms with Crippen LogP contribution in [0.15, 0.2) is 77.9 Å². The van der Waals surface area contributed by atoms with Gasteiger partial charge in [0.2, 0.25) is 0 Å². The van der Waals surface area contributed by atoms with Crippen LogP contribution in [-0.2, 0) is 0 Å². The Hall–Kier alpha value is -4.37. The largest absolute Gasteiger partial charge is 0.493 e. The lowest BCUT2D eigenvalue weighted by Crippen LogP contribution is -2.35. The van der Waals surface area contributed by atoms with Gasteiger partial charge < -0.3 is 15.4 Å². The molecular weight excluding hydrogens is 408 g/mol. The molecule has 0 atom stereocenters. The predicted octanol–water partition coefficient (Wildman–Crippen LogP) is 2.86. The second-order valence-electron chi connectivity index (χ2n) is 6.79. The quantitative estimate of drug-likeness (QED) is 0.394. The molecule has 1 aliphatic rings. The predicted molar refractivity (Wildman–Crippen MR) is 122 cm³/mol. The van der Waals surface area contributed by atoms with E-state index in [0.29, 0.717) is 40.7 Å². The molecule has 0 radical (unpaired) electrons. The fraction of sp³-hybridized carbons (Fsp3) is 0.0870. The van der Waals surface area contributed by atoms with Crippen LogP contribution < -0.4 is 31.9 Å². The van der Waals surface area contributed by atoms with E-state index in [1.54, 1.807) is 60.7 Å². The summed E-state index contributed by atoms with van der Waals surface area (Å²) in [6.45, 7) is 2.29. The first-order chi connectivity index (χ1) is 15.7. The minimum Gasteiger partial charge on any atom is -0.493 e. The Balaban J connectivity index is 1.53. The van der Waals surface area contributed by atoms with Gasteiger partial charge in [0, 0.05) is 11.3 Å². The molecule has 1 aliphatic heterocycles. The summed E-state index contributed by atoms with van der Waals surface area (Å²) >= 11 is 0. The maximum Gasteiger partial charge on any atom is 0.259 e. The minimum absolute atomic E-state index is 0.333. The molecule has 5 N–H and O–H groups in total. The molecule has 0 fully saturated rings. The molecule has 0 unspecified atom stereocenters. The third kappa shape index (κ3) is 4.68. The summed E-state index contributed by atoms with van der Waals surface area (Å²) in [5, 5.41) is 9.75. The molecule has 3 aromatic carbocycles. The minimum atomic E-state index is -0.360. The van der Waals surface area contributed by atoms with Crippen LogP contribution in [0.5, 0.6) is 5.75 Å². The lowest BCUT2D eigenvalue weighted by Gasteiger charge is -2.14. The molecule has 9 heteroatoms. The zero-order chi connectivity index (χ0) is 22.3. The van der Waals surface area contributed by atoms with Gasteiger partial charge in [-0.3, -0.25) is 15.0 Å². The molecule has 0 aliphatic carbocycles. The molecule has 0 saturated heterocycles. The normalized spacial score (nSPS) is 12.2. The van der Waals surface area contributed by atoms with Gasteiger partial charge in [0.25, 0.3) is 11.8 Å². The highest BCUT2D eigenvalue weighted by Crippen LogP contribution is 2.22. The van der Waals surface area contributed by atoms with E-state index in [2.05, 4.69) is 32.2 Å². The Labute approximate surface area is 184 Å². The number of rotatable bonds is 7. The van der Waals surface area contributed by atoms with Crippen LogP contribution in [0.3, 0.4) is 0 Å². The third-order valence-corrected chi connectivity index (χ3v) is 4.65. The van der Waals surface area contributed by atoms with E-state index in [4.69, 9.17) is 4.74 Å². The van der Waals surface area contributed by atoms with Gasteiger partial charge in [-0.2, -0.15) is 0 Å². The summed E-state index contributed by atoms with van der Waals surface area (Å²) in [6.07, 6.45) is 0. The summed E-state index contributed by atoms with van der Waals surface area (Å²) in [7, 11) is 0. The molecule has 0 spiro atoms. The average molecular weight is 430 g/mol. The first-order valence-corrected chi connectivity index (χ1v) is 10.0. The summed E-state index contributed by atoms with van der Waals surface area (Å²) < 4.78 is 5.54. The standard InChI is InChI=1S/C23H22N6O3/c1-2-32-20-13-6-4-11-18(20)23(31)25-19-12-5-3-10-17(19)22(30)24-16-9-7-8-15(14-16)21-26-28-29-27-21/h3-14,28-29H,2H2,1H3,(H,24,30)(H,25,31)(H,26,27). The molecule has 0 bridgehead atoms. The highest BCUT2D eigenvalue weighted by Gasteiger charge is 2.17. The lowest BCUT2D eigenvalue weighted by atomic mass is 10.1. The van der Waals surface area contributed by atoms with Gasteiger partial charge in [-0.25, -0.2) is 5.53 Å². The number of para-hydroxylation sites is 2. The first-order valence-electron chi connectivity index (χ1n) is 10.0. The zero-order valence-electron chi connectivity index (χ0n) is 17.3. The molecular formula is C23H22N6O3. The molecule has 1 heterocycles. The number of carbonyl (C=O) groups is 2. The topological polar surface area (TPSA) is 116 Å². The van der Waals surface area contributed by atoms with Crippen LogP contribution in [0.4, 0.5) is 11.4 Å². The van der Waals surface area contributed by atoms with Crippen molar-refractivity contribution in [2.75, 3.05) is 17.2 Å². The maximum atomic E-state index is 13.0. The maximum absolute atomic E-state index is 13.0. The number of hydrogen-bond acceptors (Lipinski definition) is 7. The van der Waals surface area contributed by atoms with Gasteiger partial charge in [0.1, 0.15) is 5.75 Å². The first kappa shape index (κ1) is 20.9. The number of amides is 2. The Morgan fingerprint density at radius 3 is 2.44 bits per heavy atom. The van der Waals surface area contributed by atoms with Gasteiger partial charge in [0.05, 0.1) is 23.4 Å². The number of ether oxygens (including phenoxy) is 1. The number of anilines is 2. The number of nitrogens with one attached hydrogen (secondary N) is 5. The van der Waals surface area contributed by atoms with Gasteiger partial charge in [-0.15, -0.1) is 10.6 Å². The van der Waals surface area contributed by atoms with Crippen molar-refractivity contribution in [2.45, 2.75) is 6.92 Å². The van der Waals surface area contributed by atoms with E-state index in [0.717, 1.165) is 5.56 Å². The van der Waals surface area contributed by atoms with Gasteiger partial charge >= 0.3 is 0 Å². The van der Waals surface area contributed by atoms with Crippen molar-refractivity contribution in [2.24, 2.45) is 5.10 Å². The van der Waals surface area contributed by atoms with Crippen molar-refractivity contribution < 1.29 is 14.3 Å². The van der Waals surface area contributed by atoms with Crippen molar-refractivity contribution in [1.29, 1.82) is 0 Å². The zero-order valence-corrected chi connectivity index (χ0v) is 17.3. The smallest absolute Gasteiger partial charge is 0.259 e. The second-order valence-corrected chi connectivity index (χ2v) is 6.79. The third-order valence-electron chi connectivity index (χ3n) is 4.65. The Bertz CT molecular complexity index is 1180. The number of hydrogen-bond donors (Lipinski definition) is 5. The summed E-state index contributed by atoms with van der Waals surface area (Å²) in [5.74, 6) is 0.371. The summed E-state index contributed by atoms with van der Waals surface area (Å²) in [6, 6.07) is 21.0. The number of nitrogens with zero attached hydrogens (tertiary/aromatic N) is 1. The Morgan fingerprint density at radius 2 is 1.66 bits per heavy atom. The van der Waals surface area contributed by atoms with Gasteiger partial charge in [-0.1, -0.05) is 36.4 Å². The fourth-order valence-corrected chi connectivity index (χ4v) is 3.19. The van der Waals surface area contributed by atoms with Crippen LogP contribution in [0.25, 0.3) is 0 Å². The molecule has 0 aromatic heterocycles. The highest BCUT2D eigenvalue weighted by atomic mass is 16.5. The lowest BCUT2D eigenvalue weighted by molar-refractivity contribution is 0.102. The van der Waals surface area contributed by atoms with E-state index in [-0.39, 0.29) is 11.8 Å². The van der Waals surface area contributed by atoms with Crippen LogP contribution in [0, 0.1) is 0 Å². The highest BCUT2D eigenvalue weighted by molar-refractivity contribution is 6.13. The van der Waals surface area contributed by atoms with Crippen molar-refractivity contribution >= 4 is 29.0 Å². The van der Waals surface area contributed by atoms with Crippen molar-refractivity contribution in [3.63, 3.8) is 0 Å². The summed E-state index contributed by atoms with van der Waals surface area (Å²) in [5.41, 5.74) is 10.6. The molecule has 9 nitrogen and oxygen atoms in total. The molecule has 162 valence electrons. The number of benzene rings is 3. The van der Waals surface area contributed by atoms with Crippen LogP contribution in [-0.4, -0.2) is 24.3 Å². The number of carbonyl (C=O) groups excluding carboxylic acids is 2. The molecule has 2 amide bonds. The van der Waals surface area contributed by atoms with Crippen molar-refractivity contribution in [3.8, 4) is 5.75 Å². The molecule has 3 aromatic rings. The van der Waals surface area contributed by atoms with Gasteiger partial charge in [0.15, 0.2) is 5.84 Å². The van der Waals surface area contributed by atoms with E-state index < -0.39 is 0 Å². The fourth-order valence-electron chi connectivity index (χ4n) is 3.19. The van der Waals surface area contributed by atoms with Crippen molar-refractivity contribution in [1.82, 2.24) is 16.5 Å².